The molecule has 1 saturated carbocycles. The van der Waals surface area contributed by atoms with E-state index in [1.165, 1.54) is 38.5 Å². The molecule has 192 valence electrons. The Hall–Kier alpha value is -1.63. The largest absolute Gasteiger partial charge is 0.368 e. The van der Waals surface area contributed by atoms with Gasteiger partial charge < -0.3 is 21.7 Å². The van der Waals surface area contributed by atoms with Crippen molar-refractivity contribution in [3.63, 3.8) is 0 Å². The van der Waals surface area contributed by atoms with Crippen LogP contribution in [0.15, 0.2) is 0 Å². The van der Waals surface area contributed by atoms with E-state index < -0.39 is 23.5 Å². The molecule has 3 amide bonds. The van der Waals surface area contributed by atoms with Gasteiger partial charge in [-0.2, -0.15) is 0 Å². The Morgan fingerprint density at radius 2 is 1.67 bits per heavy atom. The van der Waals surface area contributed by atoms with Crippen LogP contribution in [0.3, 0.4) is 0 Å². The topological polar surface area (TPSA) is 113 Å². The molecular weight excluding hydrogens is 416 g/mol. The molecule has 0 aromatic heterocycles. The molecule has 0 heterocycles. The summed E-state index contributed by atoms with van der Waals surface area (Å²) in [6.07, 6.45) is 12.3. The van der Waals surface area contributed by atoms with Crippen LogP contribution in [0.25, 0.3) is 0 Å². The zero-order chi connectivity index (χ0) is 24.9. The van der Waals surface area contributed by atoms with Gasteiger partial charge in [0.05, 0.1) is 5.54 Å². The third kappa shape index (κ3) is 10.9. The summed E-state index contributed by atoms with van der Waals surface area (Å²) in [7, 11) is 0. The number of amides is 3. The van der Waals surface area contributed by atoms with E-state index in [1.54, 1.807) is 0 Å². The molecule has 0 aliphatic heterocycles. The Labute approximate surface area is 201 Å². The average molecular weight is 467 g/mol. The van der Waals surface area contributed by atoms with Gasteiger partial charge in [0.15, 0.2) is 0 Å². The third-order valence-electron chi connectivity index (χ3n) is 6.85. The summed E-state index contributed by atoms with van der Waals surface area (Å²) in [5.74, 6) is -0.00359. The van der Waals surface area contributed by atoms with Crippen molar-refractivity contribution < 1.29 is 14.4 Å². The van der Waals surface area contributed by atoms with Crippen molar-refractivity contribution in [2.24, 2.45) is 17.6 Å². The predicted octanol–water partition coefficient (Wildman–Crippen LogP) is 3.80. The van der Waals surface area contributed by atoms with Crippen LogP contribution in [-0.2, 0) is 14.4 Å². The number of carbonyl (C=O) groups excluding carboxylic acids is 3. The number of rotatable bonds is 16. The van der Waals surface area contributed by atoms with E-state index in [-0.39, 0.29) is 17.7 Å². The maximum atomic E-state index is 13.3. The number of carbonyl (C=O) groups is 3. The molecule has 0 bridgehead atoms. The monoisotopic (exact) mass is 466 g/mol. The van der Waals surface area contributed by atoms with Crippen molar-refractivity contribution in [3.05, 3.63) is 0 Å². The van der Waals surface area contributed by atoms with E-state index >= 15 is 0 Å². The van der Waals surface area contributed by atoms with Crippen LogP contribution in [0.4, 0.5) is 0 Å². The summed E-state index contributed by atoms with van der Waals surface area (Å²) in [5, 5.41) is 9.22. The molecule has 1 rings (SSSR count). The summed E-state index contributed by atoms with van der Waals surface area (Å²) in [6.45, 7) is 10.7. The summed E-state index contributed by atoms with van der Waals surface area (Å²) >= 11 is 0. The van der Waals surface area contributed by atoms with E-state index in [4.69, 9.17) is 5.73 Å². The highest BCUT2D eigenvalue weighted by molar-refractivity contribution is 5.93. The summed E-state index contributed by atoms with van der Waals surface area (Å²) in [6, 6.07) is -1.41. The van der Waals surface area contributed by atoms with Crippen molar-refractivity contribution in [2.45, 2.75) is 129 Å². The van der Waals surface area contributed by atoms with Gasteiger partial charge in [-0.25, -0.2) is 0 Å². The van der Waals surface area contributed by atoms with Gasteiger partial charge in [-0.15, -0.1) is 0 Å². The fraction of sp³-hybridized carbons (Fsp3) is 0.885. The molecule has 0 saturated heterocycles. The molecular formula is C26H50N4O3. The van der Waals surface area contributed by atoms with Gasteiger partial charge >= 0.3 is 0 Å². The highest BCUT2D eigenvalue weighted by atomic mass is 16.2. The lowest BCUT2D eigenvalue weighted by molar-refractivity contribution is -0.134. The highest BCUT2D eigenvalue weighted by Crippen LogP contribution is 2.27. The van der Waals surface area contributed by atoms with Gasteiger partial charge in [0.2, 0.25) is 17.7 Å². The maximum Gasteiger partial charge on any atom is 0.243 e. The summed E-state index contributed by atoms with van der Waals surface area (Å²) in [5.41, 5.74) is 4.76. The fourth-order valence-corrected chi connectivity index (χ4v) is 4.88. The molecule has 33 heavy (non-hydrogen) atoms. The molecule has 1 aliphatic rings. The Kier molecular flexibility index (Phi) is 13.6. The summed E-state index contributed by atoms with van der Waals surface area (Å²) < 4.78 is 0. The maximum absolute atomic E-state index is 13.3. The smallest absolute Gasteiger partial charge is 0.243 e. The van der Waals surface area contributed by atoms with E-state index in [9.17, 15) is 14.4 Å². The van der Waals surface area contributed by atoms with Crippen LogP contribution in [0.1, 0.15) is 112 Å². The van der Waals surface area contributed by atoms with Crippen molar-refractivity contribution >= 4 is 17.7 Å². The molecule has 5 N–H and O–H groups in total. The SMILES string of the molecule is CCC[C@H](NC(=O)[C@](C)(CCC)NCCCC1CCCCC1)C(=O)N[C@@H](CC(C)C)C(N)=O. The second-order valence-electron chi connectivity index (χ2n) is 10.6. The molecule has 7 nitrogen and oxygen atoms in total. The molecule has 1 aliphatic carbocycles. The molecule has 0 aromatic carbocycles. The fourth-order valence-electron chi connectivity index (χ4n) is 4.88. The third-order valence-corrected chi connectivity index (χ3v) is 6.85. The van der Waals surface area contributed by atoms with E-state index in [0.29, 0.717) is 19.3 Å². The van der Waals surface area contributed by atoms with Crippen LogP contribution < -0.4 is 21.7 Å². The quantitative estimate of drug-likeness (QED) is 0.259. The van der Waals surface area contributed by atoms with E-state index in [1.807, 2.05) is 27.7 Å². The number of hydrogen-bond acceptors (Lipinski definition) is 4. The molecule has 0 radical (unpaired) electrons. The standard InChI is InChI=1S/C26H50N4O3/c1-6-12-21(24(32)29-22(23(27)31)18-19(3)4)30-25(33)26(5,16-7-2)28-17-11-15-20-13-9-8-10-14-20/h19-22,28H,6-18H2,1-5H3,(H2,27,31)(H,29,32)(H,30,33)/t21-,22-,26-/m0/s1. The minimum absolute atomic E-state index is 0.157. The van der Waals surface area contributed by atoms with Crippen LogP contribution >= 0.6 is 0 Å². The Morgan fingerprint density at radius 3 is 2.21 bits per heavy atom. The van der Waals surface area contributed by atoms with E-state index in [2.05, 4.69) is 22.9 Å². The normalized spacial score (nSPS) is 18.4. The van der Waals surface area contributed by atoms with Gasteiger partial charge in [0.1, 0.15) is 12.1 Å². The first-order chi connectivity index (χ1) is 15.6. The molecule has 7 heteroatoms. The van der Waals surface area contributed by atoms with Crippen LogP contribution in [0, 0.1) is 11.8 Å². The lowest BCUT2D eigenvalue weighted by Gasteiger charge is -2.32. The highest BCUT2D eigenvalue weighted by Gasteiger charge is 2.35. The minimum Gasteiger partial charge on any atom is -0.368 e. The van der Waals surface area contributed by atoms with Crippen LogP contribution in [0.2, 0.25) is 0 Å². The summed E-state index contributed by atoms with van der Waals surface area (Å²) in [4.78, 5) is 38.0. The van der Waals surface area contributed by atoms with E-state index in [0.717, 1.165) is 31.7 Å². The molecule has 1 fully saturated rings. The molecule has 0 spiro atoms. The van der Waals surface area contributed by atoms with Crippen LogP contribution in [0.5, 0.6) is 0 Å². The first-order valence-corrected chi connectivity index (χ1v) is 13.3. The Bertz CT molecular complexity index is 604. The van der Waals surface area contributed by atoms with Crippen molar-refractivity contribution in [2.75, 3.05) is 6.54 Å². The second kappa shape index (κ2) is 15.3. The number of primary amides is 1. The van der Waals surface area contributed by atoms with Crippen molar-refractivity contribution in [1.29, 1.82) is 0 Å². The first kappa shape index (κ1) is 29.4. The van der Waals surface area contributed by atoms with Gasteiger partial charge in [0.25, 0.3) is 0 Å². The number of nitrogens with one attached hydrogen (secondary N) is 3. The second-order valence-corrected chi connectivity index (χ2v) is 10.6. The van der Waals surface area contributed by atoms with Gasteiger partial charge in [0, 0.05) is 0 Å². The number of hydrogen-bond donors (Lipinski definition) is 4. The molecule has 3 atom stereocenters. The van der Waals surface area contributed by atoms with Gasteiger partial charge in [-0.1, -0.05) is 72.6 Å². The lowest BCUT2D eigenvalue weighted by atomic mass is 9.86. The Balaban J connectivity index is 2.71. The Morgan fingerprint density at radius 1 is 1.00 bits per heavy atom. The lowest BCUT2D eigenvalue weighted by Crippen LogP contribution is -2.60. The zero-order valence-corrected chi connectivity index (χ0v) is 21.8. The number of nitrogens with two attached hydrogens (primary N) is 1. The van der Waals surface area contributed by atoms with Crippen LogP contribution in [-0.4, -0.2) is 41.9 Å². The van der Waals surface area contributed by atoms with Crippen molar-refractivity contribution in [3.8, 4) is 0 Å². The minimum atomic E-state index is -0.728. The first-order valence-electron chi connectivity index (χ1n) is 13.3. The zero-order valence-electron chi connectivity index (χ0n) is 21.8. The predicted molar refractivity (Wildman–Crippen MR) is 135 cm³/mol. The van der Waals surface area contributed by atoms with Gasteiger partial charge in [-0.05, 0) is 57.4 Å². The average Bonchev–Trinajstić information content (AvgIpc) is 2.76. The molecule has 0 aromatic rings. The molecule has 0 unspecified atom stereocenters. The van der Waals surface area contributed by atoms with Crippen molar-refractivity contribution in [1.82, 2.24) is 16.0 Å². The van der Waals surface area contributed by atoms with Gasteiger partial charge in [-0.3, -0.25) is 14.4 Å².